The van der Waals surface area contributed by atoms with E-state index in [-0.39, 0.29) is 17.9 Å². The van der Waals surface area contributed by atoms with Crippen LogP contribution in [0, 0.1) is 11.8 Å². The van der Waals surface area contributed by atoms with Crippen molar-refractivity contribution in [3.8, 4) is 0 Å². The number of rotatable bonds is 2. The lowest BCUT2D eigenvalue weighted by Crippen LogP contribution is -2.49. The Morgan fingerprint density at radius 1 is 1.19 bits per heavy atom. The van der Waals surface area contributed by atoms with Crippen molar-refractivity contribution in [1.29, 1.82) is 0 Å². The first kappa shape index (κ1) is 11.9. The average molecular weight is 224 g/mol. The number of carbonyl (C=O) groups excluding carboxylic acids is 1. The molecule has 2 fully saturated rings. The maximum Gasteiger partial charge on any atom is 0.224 e. The molecule has 0 aliphatic heterocycles. The molecule has 0 heterocycles. The molecule has 92 valence electrons. The van der Waals surface area contributed by atoms with Gasteiger partial charge in [0, 0.05) is 12.1 Å². The lowest BCUT2D eigenvalue weighted by atomic mass is 9.81. The molecule has 2 aliphatic carbocycles. The molecule has 2 unspecified atom stereocenters. The summed E-state index contributed by atoms with van der Waals surface area (Å²) in [5.41, 5.74) is 6.08. The van der Waals surface area contributed by atoms with Gasteiger partial charge < -0.3 is 11.1 Å². The quantitative estimate of drug-likeness (QED) is 0.703. The molecule has 0 spiro atoms. The SMILES string of the molecule is CC1CC(NC(=O)C2CCCCCC2N)C1. The van der Waals surface area contributed by atoms with E-state index in [1.807, 2.05) is 0 Å². The van der Waals surface area contributed by atoms with Crippen molar-refractivity contribution < 1.29 is 4.79 Å². The van der Waals surface area contributed by atoms with Gasteiger partial charge >= 0.3 is 0 Å². The zero-order chi connectivity index (χ0) is 11.5. The summed E-state index contributed by atoms with van der Waals surface area (Å²) < 4.78 is 0. The van der Waals surface area contributed by atoms with Crippen molar-refractivity contribution in [2.24, 2.45) is 17.6 Å². The van der Waals surface area contributed by atoms with Crippen LogP contribution in [0.3, 0.4) is 0 Å². The molecule has 3 heteroatoms. The number of carbonyl (C=O) groups is 1. The van der Waals surface area contributed by atoms with Crippen LogP contribution in [0.25, 0.3) is 0 Å². The molecule has 3 nitrogen and oxygen atoms in total. The van der Waals surface area contributed by atoms with Gasteiger partial charge in [-0.2, -0.15) is 0 Å². The minimum atomic E-state index is 0.0680. The van der Waals surface area contributed by atoms with E-state index in [4.69, 9.17) is 5.73 Å². The molecule has 2 saturated carbocycles. The summed E-state index contributed by atoms with van der Waals surface area (Å²) in [6.07, 6.45) is 7.87. The molecule has 0 aromatic carbocycles. The molecule has 3 N–H and O–H groups in total. The van der Waals surface area contributed by atoms with Gasteiger partial charge in [0.05, 0.1) is 5.92 Å². The molecule has 0 bridgehead atoms. The van der Waals surface area contributed by atoms with Gasteiger partial charge in [-0.25, -0.2) is 0 Å². The van der Waals surface area contributed by atoms with E-state index in [0.29, 0.717) is 6.04 Å². The monoisotopic (exact) mass is 224 g/mol. The summed E-state index contributed by atoms with van der Waals surface area (Å²) in [7, 11) is 0. The second-order valence-corrected chi connectivity index (χ2v) is 5.69. The Balaban J connectivity index is 1.82. The topological polar surface area (TPSA) is 55.1 Å². The summed E-state index contributed by atoms with van der Waals surface area (Å²) in [5.74, 6) is 1.07. The zero-order valence-corrected chi connectivity index (χ0v) is 10.2. The molecule has 0 aromatic heterocycles. The third-order valence-electron chi connectivity index (χ3n) is 4.13. The molecule has 2 rings (SSSR count). The van der Waals surface area contributed by atoms with Crippen molar-refractivity contribution in [3.63, 3.8) is 0 Å². The van der Waals surface area contributed by atoms with Crippen LogP contribution in [0.15, 0.2) is 0 Å². The maximum atomic E-state index is 12.1. The molecule has 2 atom stereocenters. The molecular weight excluding hydrogens is 200 g/mol. The Kier molecular flexibility index (Phi) is 3.85. The molecular formula is C13H24N2O. The Hall–Kier alpha value is -0.570. The second-order valence-electron chi connectivity index (χ2n) is 5.69. The second kappa shape index (κ2) is 5.17. The Bertz CT molecular complexity index is 248. The fourth-order valence-electron chi connectivity index (χ4n) is 2.99. The van der Waals surface area contributed by atoms with E-state index in [1.165, 1.54) is 12.8 Å². The fraction of sp³-hybridized carbons (Fsp3) is 0.923. The van der Waals surface area contributed by atoms with E-state index >= 15 is 0 Å². The lowest BCUT2D eigenvalue weighted by molar-refractivity contribution is -0.127. The zero-order valence-electron chi connectivity index (χ0n) is 10.2. The molecule has 1 amide bonds. The van der Waals surface area contributed by atoms with Crippen molar-refractivity contribution in [2.75, 3.05) is 0 Å². The lowest BCUT2D eigenvalue weighted by Gasteiger charge is -2.35. The highest BCUT2D eigenvalue weighted by atomic mass is 16.2. The first-order valence-electron chi connectivity index (χ1n) is 6.72. The average Bonchev–Trinajstić information content (AvgIpc) is 2.40. The van der Waals surface area contributed by atoms with Gasteiger partial charge in [-0.3, -0.25) is 4.79 Å². The predicted molar refractivity (Wildman–Crippen MR) is 64.9 cm³/mol. The highest BCUT2D eigenvalue weighted by Crippen LogP contribution is 2.28. The van der Waals surface area contributed by atoms with Gasteiger partial charge in [0.1, 0.15) is 0 Å². The number of amides is 1. The molecule has 0 radical (unpaired) electrons. The van der Waals surface area contributed by atoms with E-state index in [9.17, 15) is 4.79 Å². The fourth-order valence-corrected chi connectivity index (χ4v) is 2.99. The first-order chi connectivity index (χ1) is 7.66. The number of nitrogens with one attached hydrogen (secondary N) is 1. The summed E-state index contributed by atoms with van der Waals surface area (Å²) in [4.78, 5) is 12.1. The normalized spacial score (nSPS) is 39.6. The van der Waals surface area contributed by atoms with Crippen LogP contribution < -0.4 is 11.1 Å². The Labute approximate surface area is 98.2 Å². The summed E-state index contributed by atoms with van der Waals surface area (Å²) >= 11 is 0. The van der Waals surface area contributed by atoms with Crippen LogP contribution in [0.5, 0.6) is 0 Å². The number of hydrogen-bond acceptors (Lipinski definition) is 2. The maximum absolute atomic E-state index is 12.1. The van der Waals surface area contributed by atoms with E-state index in [1.54, 1.807) is 0 Å². The van der Waals surface area contributed by atoms with Gasteiger partial charge in [-0.05, 0) is 31.6 Å². The summed E-state index contributed by atoms with van der Waals surface area (Å²) in [6.45, 7) is 2.24. The van der Waals surface area contributed by atoms with Gasteiger partial charge in [-0.15, -0.1) is 0 Å². The first-order valence-corrected chi connectivity index (χ1v) is 6.72. The standard InChI is InChI=1S/C13H24N2O/c1-9-7-10(8-9)15-13(16)11-5-3-2-4-6-12(11)14/h9-12H,2-8,14H2,1H3,(H,15,16). The Morgan fingerprint density at radius 2 is 1.88 bits per heavy atom. The van der Waals surface area contributed by atoms with Crippen molar-refractivity contribution in [1.82, 2.24) is 5.32 Å². The van der Waals surface area contributed by atoms with E-state index in [0.717, 1.165) is 38.0 Å². The van der Waals surface area contributed by atoms with Crippen LogP contribution in [-0.2, 0) is 4.79 Å². The number of hydrogen-bond donors (Lipinski definition) is 2. The third kappa shape index (κ3) is 2.76. The highest BCUT2D eigenvalue weighted by molar-refractivity contribution is 5.79. The van der Waals surface area contributed by atoms with Crippen LogP contribution in [0.4, 0.5) is 0 Å². The molecule has 0 aromatic rings. The van der Waals surface area contributed by atoms with Gasteiger partial charge in [0.15, 0.2) is 0 Å². The van der Waals surface area contributed by atoms with E-state index < -0.39 is 0 Å². The van der Waals surface area contributed by atoms with Crippen LogP contribution in [0.1, 0.15) is 51.9 Å². The highest BCUT2D eigenvalue weighted by Gasteiger charge is 2.32. The largest absolute Gasteiger partial charge is 0.353 e. The summed E-state index contributed by atoms with van der Waals surface area (Å²) in [5, 5.41) is 3.16. The molecule has 2 aliphatic rings. The Morgan fingerprint density at radius 3 is 2.56 bits per heavy atom. The van der Waals surface area contributed by atoms with Crippen LogP contribution in [0.2, 0.25) is 0 Å². The summed E-state index contributed by atoms with van der Waals surface area (Å²) in [6, 6.07) is 0.512. The smallest absolute Gasteiger partial charge is 0.224 e. The number of nitrogens with two attached hydrogens (primary N) is 1. The molecule has 0 saturated heterocycles. The minimum Gasteiger partial charge on any atom is -0.353 e. The minimum absolute atomic E-state index is 0.0680. The predicted octanol–water partition coefficient (Wildman–Crippen LogP) is 1.81. The van der Waals surface area contributed by atoms with Gasteiger partial charge in [0.25, 0.3) is 0 Å². The van der Waals surface area contributed by atoms with Gasteiger partial charge in [-0.1, -0.05) is 26.2 Å². The van der Waals surface area contributed by atoms with Crippen molar-refractivity contribution >= 4 is 5.91 Å². The van der Waals surface area contributed by atoms with Crippen LogP contribution >= 0.6 is 0 Å². The van der Waals surface area contributed by atoms with E-state index in [2.05, 4.69) is 12.2 Å². The van der Waals surface area contributed by atoms with Crippen molar-refractivity contribution in [2.45, 2.75) is 64.0 Å². The van der Waals surface area contributed by atoms with Crippen molar-refractivity contribution in [3.05, 3.63) is 0 Å². The third-order valence-corrected chi connectivity index (χ3v) is 4.13. The van der Waals surface area contributed by atoms with Gasteiger partial charge in [0.2, 0.25) is 5.91 Å². The molecule has 16 heavy (non-hydrogen) atoms. The van der Waals surface area contributed by atoms with Crippen LogP contribution in [-0.4, -0.2) is 18.0 Å².